The molecule has 0 unspecified atom stereocenters. The van der Waals surface area contributed by atoms with E-state index in [1.807, 2.05) is 19.1 Å². The molecule has 3 nitrogen and oxygen atoms in total. The SMILES string of the molecule is CCOc1ccc(CCCNC(=O)CCc2c(Cl)cccc2Cl)cc1. The zero-order valence-corrected chi connectivity index (χ0v) is 15.9. The Balaban J connectivity index is 1.67. The second-order valence-electron chi connectivity index (χ2n) is 5.73. The fraction of sp³-hybridized carbons (Fsp3) is 0.350. The molecule has 0 saturated carbocycles. The highest BCUT2D eigenvalue weighted by atomic mass is 35.5. The van der Waals surface area contributed by atoms with Crippen molar-refractivity contribution in [3.63, 3.8) is 0 Å². The van der Waals surface area contributed by atoms with E-state index in [4.69, 9.17) is 27.9 Å². The van der Waals surface area contributed by atoms with E-state index >= 15 is 0 Å². The van der Waals surface area contributed by atoms with Gasteiger partial charge in [-0.1, -0.05) is 41.4 Å². The molecular formula is C20H23Cl2NO2. The monoisotopic (exact) mass is 379 g/mol. The number of nitrogens with one attached hydrogen (secondary N) is 1. The summed E-state index contributed by atoms with van der Waals surface area (Å²) >= 11 is 12.2. The third kappa shape index (κ3) is 6.60. The Hall–Kier alpha value is -1.71. The minimum Gasteiger partial charge on any atom is -0.494 e. The smallest absolute Gasteiger partial charge is 0.220 e. The first kappa shape index (κ1) is 19.6. The van der Waals surface area contributed by atoms with Crippen LogP contribution in [-0.2, 0) is 17.6 Å². The summed E-state index contributed by atoms with van der Waals surface area (Å²) in [5.41, 5.74) is 2.07. The maximum Gasteiger partial charge on any atom is 0.220 e. The van der Waals surface area contributed by atoms with Crippen LogP contribution in [0, 0.1) is 0 Å². The highest BCUT2D eigenvalue weighted by molar-refractivity contribution is 6.36. The van der Waals surface area contributed by atoms with Crippen LogP contribution in [0.25, 0.3) is 0 Å². The summed E-state index contributed by atoms with van der Waals surface area (Å²) in [6, 6.07) is 13.5. The Labute approximate surface area is 159 Å². The highest BCUT2D eigenvalue weighted by Gasteiger charge is 2.08. The fourth-order valence-electron chi connectivity index (χ4n) is 2.54. The second kappa shape index (κ2) is 10.3. The Kier molecular flexibility index (Phi) is 8.10. The van der Waals surface area contributed by atoms with Crippen molar-refractivity contribution in [2.75, 3.05) is 13.2 Å². The Bertz CT molecular complexity index is 666. The number of hydrogen-bond acceptors (Lipinski definition) is 2. The lowest BCUT2D eigenvalue weighted by molar-refractivity contribution is -0.121. The largest absolute Gasteiger partial charge is 0.494 e. The van der Waals surface area contributed by atoms with Gasteiger partial charge in [0.15, 0.2) is 0 Å². The van der Waals surface area contributed by atoms with E-state index in [-0.39, 0.29) is 5.91 Å². The minimum atomic E-state index is 0.0164. The van der Waals surface area contributed by atoms with Crippen molar-refractivity contribution < 1.29 is 9.53 Å². The molecule has 2 aromatic rings. The second-order valence-corrected chi connectivity index (χ2v) is 6.55. The lowest BCUT2D eigenvalue weighted by Crippen LogP contribution is -2.25. The van der Waals surface area contributed by atoms with Gasteiger partial charge in [0.1, 0.15) is 5.75 Å². The van der Waals surface area contributed by atoms with Gasteiger partial charge < -0.3 is 10.1 Å². The molecule has 0 bridgehead atoms. The van der Waals surface area contributed by atoms with Gasteiger partial charge in [-0.3, -0.25) is 4.79 Å². The Morgan fingerprint density at radius 3 is 2.36 bits per heavy atom. The van der Waals surface area contributed by atoms with Crippen molar-refractivity contribution >= 4 is 29.1 Å². The first-order valence-corrected chi connectivity index (χ1v) is 9.27. The summed E-state index contributed by atoms with van der Waals surface area (Å²) in [5, 5.41) is 4.16. The average Bonchev–Trinajstić information content (AvgIpc) is 2.60. The zero-order valence-electron chi connectivity index (χ0n) is 14.4. The van der Waals surface area contributed by atoms with Gasteiger partial charge >= 0.3 is 0 Å². The van der Waals surface area contributed by atoms with Crippen LogP contribution < -0.4 is 10.1 Å². The van der Waals surface area contributed by atoms with Gasteiger partial charge in [0.2, 0.25) is 5.91 Å². The summed E-state index contributed by atoms with van der Waals surface area (Å²) in [6.07, 6.45) is 2.74. The van der Waals surface area contributed by atoms with E-state index in [2.05, 4.69) is 17.4 Å². The molecule has 134 valence electrons. The van der Waals surface area contributed by atoms with Gasteiger partial charge in [-0.05, 0) is 61.6 Å². The number of benzene rings is 2. The topological polar surface area (TPSA) is 38.3 Å². The van der Waals surface area contributed by atoms with Crippen molar-refractivity contribution in [3.8, 4) is 5.75 Å². The van der Waals surface area contributed by atoms with Crippen LogP contribution in [0.3, 0.4) is 0 Å². The summed E-state index contributed by atoms with van der Waals surface area (Å²) in [5.74, 6) is 0.903. The van der Waals surface area contributed by atoms with Crippen molar-refractivity contribution in [2.24, 2.45) is 0 Å². The molecule has 0 heterocycles. The number of hydrogen-bond donors (Lipinski definition) is 1. The normalized spacial score (nSPS) is 10.5. The van der Waals surface area contributed by atoms with E-state index in [1.54, 1.807) is 18.2 Å². The minimum absolute atomic E-state index is 0.0164. The molecular weight excluding hydrogens is 357 g/mol. The van der Waals surface area contributed by atoms with E-state index in [9.17, 15) is 4.79 Å². The van der Waals surface area contributed by atoms with Crippen molar-refractivity contribution in [2.45, 2.75) is 32.6 Å². The molecule has 2 rings (SSSR count). The molecule has 25 heavy (non-hydrogen) atoms. The standard InChI is InChI=1S/C20H23Cl2NO2/c1-2-25-16-10-8-15(9-11-16)5-4-14-23-20(24)13-12-17-18(21)6-3-7-19(17)22/h3,6-11H,2,4-5,12-14H2,1H3,(H,23,24). The predicted octanol–water partition coefficient (Wildman–Crippen LogP) is 5.07. The number of carbonyl (C=O) groups excluding carboxylic acids is 1. The molecule has 0 radical (unpaired) electrons. The fourth-order valence-corrected chi connectivity index (χ4v) is 3.12. The Morgan fingerprint density at radius 2 is 1.72 bits per heavy atom. The molecule has 1 amide bonds. The predicted molar refractivity (Wildman–Crippen MR) is 104 cm³/mol. The molecule has 0 spiro atoms. The first-order chi connectivity index (χ1) is 12.1. The maximum absolute atomic E-state index is 12.0. The van der Waals surface area contributed by atoms with Crippen LogP contribution in [0.1, 0.15) is 30.9 Å². The van der Waals surface area contributed by atoms with Gasteiger partial charge in [-0.15, -0.1) is 0 Å². The van der Waals surface area contributed by atoms with Crippen LogP contribution >= 0.6 is 23.2 Å². The quantitative estimate of drug-likeness (QED) is 0.617. The van der Waals surface area contributed by atoms with Crippen LogP contribution in [0.15, 0.2) is 42.5 Å². The van der Waals surface area contributed by atoms with Crippen molar-refractivity contribution in [1.82, 2.24) is 5.32 Å². The highest BCUT2D eigenvalue weighted by Crippen LogP contribution is 2.25. The van der Waals surface area contributed by atoms with E-state index < -0.39 is 0 Å². The molecule has 1 N–H and O–H groups in total. The van der Waals surface area contributed by atoms with Crippen LogP contribution in [0.5, 0.6) is 5.75 Å². The van der Waals surface area contributed by atoms with E-state index in [0.717, 1.165) is 24.2 Å². The molecule has 2 aromatic carbocycles. The third-order valence-corrected chi connectivity index (χ3v) is 4.57. The molecule has 0 aliphatic rings. The number of halogens is 2. The van der Waals surface area contributed by atoms with Gasteiger partial charge in [-0.2, -0.15) is 0 Å². The average molecular weight is 380 g/mol. The zero-order chi connectivity index (χ0) is 18.1. The summed E-state index contributed by atoms with van der Waals surface area (Å²) < 4.78 is 5.42. The molecule has 5 heteroatoms. The lowest BCUT2D eigenvalue weighted by atomic mass is 10.1. The first-order valence-electron chi connectivity index (χ1n) is 8.51. The number of aryl methyl sites for hydroxylation is 1. The Morgan fingerprint density at radius 1 is 1.04 bits per heavy atom. The van der Waals surface area contributed by atoms with Crippen molar-refractivity contribution in [1.29, 1.82) is 0 Å². The number of ether oxygens (including phenoxy) is 1. The molecule has 0 saturated heterocycles. The van der Waals surface area contributed by atoms with Gasteiger partial charge in [0.05, 0.1) is 6.61 Å². The van der Waals surface area contributed by atoms with Crippen LogP contribution in [-0.4, -0.2) is 19.1 Å². The van der Waals surface area contributed by atoms with Gasteiger partial charge in [0.25, 0.3) is 0 Å². The number of carbonyl (C=O) groups is 1. The molecule has 0 fully saturated rings. The molecule has 0 aliphatic heterocycles. The van der Waals surface area contributed by atoms with Crippen LogP contribution in [0.4, 0.5) is 0 Å². The van der Waals surface area contributed by atoms with Gasteiger partial charge in [-0.25, -0.2) is 0 Å². The van der Waals surface area contributed by atoms with E-state index in [1.165, 1.54) is 5.56 Å². The number of rotatable bonds is 9. The third-order valence-electron chi connectivity index (χ3n) is 3.86. The number of amides is 1. The molecule has 0 aromatic heterocycles. The lowest BCUT2D eigenvalue weighted by Gasteiger charge is -2.08. The molecule has 0 aliphatic carbocycles. The van der Waals surface area contributed by atoms with Gasteiger partial charge in [0, 0.05) is 23.0 Å². The summed E-state index contributed by atoms with van der Waals surface area (Å²) in [4.78, 5) is 12.0. The summed E-state index contributed by atoms with van der Waals surface area (Å²) in [7, 11) is 0. The van der Waals surface area contributed by atoms with Crippen molar-refractivity contribution in [3.05, 3.63) is 63.6 Å². The van der Waals surface area contributed by atoms with E-state index in [0.29, 0.717) is 36.0 Å². The molecule has 0 atom stereocenters. The maximum atomic E-state index is 12.0. The summed E-state index contributed by atoms with van der Waals surface area (Å²) in [6.45, 7) is 3.30. The van der Waals surface area contributed by atoms with Crippen LogP contribution in [0.2, 0.25) is 10.0 Å².